The molecule has 7 rings (SSSR count). The van der Waals surface area contributed by atoms with Crippen LogP contribution in [0.3, 0.4) is 0 Å². The molecule has 1 amide bonds. The number of amides is 1. The van der Waals surface area contributed by atoms with Crippen LogP contribution in [0.2, 0.25) is 10.0 Å². The first-order valence-electron chi connectivity index (χ1n) is 11.6. The smallest absolute Gasteiger partial charge is 0.290 e. The van der Waals surface area contributed by atoms with E-state index in [4.69, 9.17) is 42.7 Å². The Hall–Kier alpha value is -2.42. The van der Waals surface area contributed by atoms with Crippen LogP contribution in [-0.2, 0) is 16.8 Å². The summed E-state index contributed by atoms with van der Waals surface area (Å²) < 4.78 is 17.9. The van der Waals surface area contributed by atoms with Crippen molar-refractivity contribution in [2.24, 2.45) is 5.73 Å². The highest BCUT2D eigenvalue weighted by Crippen LogP contribution is 2.55. The third-order valence-electron chi connectivity index (χ3n) is 7.77. The molecule has 1 aromatic carbocycles. The molecule has 0 saturated heterocycles. The number of hydrogen-bond donors (Lipinski definition) is 1. The molecule has 10 heteroatoms. The number of benzene rings is 1. The van der Waals surface area contributed by atoms with Crippen LogP contribution in [0.5, 0.6) is 0 Å². The summed E-state index contributed by atoms with van der Waals surface area (Å²) in [5.74, 6) is 1.04. The Balaban J connectivity index is 1.23. The topological polar surface area (TPSA) is 117 Å². The molecule has 178 valence electrons. The van der Waals surface area contributed by atoms with Crippen LogP contribution < -0.4 is 5.73 Å². The van der Waals surface area contributed by atoms with Gasteiger partial charge in [-0.2, -0.15) is 4.98 Å². The molecule has 0 atom stereocenters. The van der Waals surface area contributed by atoms with Gasteiger partial charge in [-0.15, -0.1) is 0 Å². The molecule has 0 radical (unpaired) electrons. The molecule has 0 aliphatic heterocycles. The molecule has 2 aromatic heterocycles. The van der Waals surface area contributed by atoms with Gasteiger partial charge >= 0.3 is 0 Å². The highest BCUT2D eigenvalue weighted by Gasteiger charge is 2.53. The fraction of sp³-hybridized carbons (Fsp3) is 0.500. The zero-order valence-corrected chi connectivity index (χ0v) is 20.0. The SMILES string of the molecule is NC(=O)c1noc(C23CCC(OCc4c(-c5c(Cl)cccc5Cl)noc4C4CC4)(CC2)CC3)n1. The number of ether oxygens (including phenoxy) is 1. The summed E-state index contributed by atoms with van der Waals surface area (Å²) in [6.45, 7) is 0.394. The third kappa shape index (κ3) is 3.63. The first-order chi connectivity index (χ1) is 16.4. The molecule has 8 nitrogen and oxygen atoms in total. The largest absolute Gasteiger partial charge is 0.370 e. The van der Waals surface area contributed by atoms with E-state index < -0.39 is 5.91 Å². The summed E-state index contributed by atoms with van der Waals surface area (Å²) >= 11 is 13.0. The van der Waals surface area contributed by atoms with Gasteiger partial charge in [0.2, 0.25) is 5.89 Å². The minimum absolute atomic E-state index is 0.0612. The predicted octanol–water partition coefficient (Wildman–Crippen LogP) is 5.57. The van der Waals surface area contributed by atoms with Gasteiger partial charge in [-0.1, -0.05) is 39.6 Å². The van der Waals surface area contributed by atoms with Crippen molar-refractivity contribution in [2.75, 3.05) is 0 Å². The number of halogens is 2. The van der Waals surface area contributed by atoms with Crippen LogP contribution in [0, 0.1) is 0 Å². The van der Waals surface area contributed by atoms with Crippen LogP contribution in [-0.4, -0.2) is 26.8 Å². The molecule has 4 fully saturated rings. The Morgan fingerprint density at radius 1 is 1.06 bits per heavy atom. The van der Waals surface area contributed by atoms with E-state index in [0.717, 1.165) is 62.7 Å². The normalized spacial score (nSPS) is 26.2. The number of fused-ring (bicyclic) bond motifs is 3. The molecule has 4 aliphatic rings. The summed E-state index contributed by atoms with van der Waals surface area (Å²) in [5.41, 5.74) is 7.15. The van der Waals surface area contributed by atoms with E-state index in [1.807, 2.05) is 6.07 Å². The quantitative estimate of drug-likeness (QED) is 0.448. The molecule has 3 aromatic rings. The Morgan fingerprint density at radius 3 is 2.32 bits per heavy atom. The Kier molecular flexibility index (Phi) is 5.24. The zero-order chi connectivity index (χ0) is 23.5. The van der Waals surface area contributed by atoms with Crippen LogP contribution in [0.4, 0.5) is 0 Å². The van der Waals surface area contributed by atoms with Crippen LogP contribution in [0.1, 0.15) is 85.1 Å². The number of aromatic nitrogens is 3. The van der Waals surface area contributed by atoms with E-state index in [9.17, 15) is 4.79 Å². The lowest BCUT2D eigenvalue weighted by molar-refractivity contribution is -0.130. The number of nitrogens with zero attached hydrogens (tertiary/aromatic N) is 3. The number of hydrogen-bond acceptors (Lipinski definition) is 7. The first kappa shape index (κ1) is 22.1. The van der Waals surface area contributed by atoms with E-state index in [0.29, 0.717) is 39.7 Å². The second kappa shape index (κ2) is 8.07. The summed E-state index contributed by atoms with van der Waals surface area (Å²) in [5, 5.41) is 9.19. The minimum Gasteiger partial charge on any atom is -0.370 e. The van der Waals surface area contributed by atoms with Crippen molar-refractivity contribution >= 4 is 29.1 Å². The van der Waals surface area contributed by atoms with Gasteiger partial charge in [0.05, 0.1) is 27.7 Å². The van der Waals surface area contributed by atoms with Crippen molar-refractivity contribution in [2.45, 2.75) is 74.9 Å². The number of carbonyl (C=O) groups excluding carboxylic acids is 1. The summed E-state index contributed by atoms with van der Waals surface area (Å²) in [4.78, 5) is 15.7. The van der Waals surface area contributed by atoms with Gasteiger partial charge in [0.25, 0.3) is 11.7 Å². The predicted molar refractivity (Wildman–Crippen MR) is 124 cm³/mol. The van der Waals surface area contributed by atoms with Crippen molar-refractivity contribution < 1.29 is 18.6 Å². The van der Waals surface area contributed by atoms with Gasteiger partial charge in [-0.25, -0.2) is 0 Å². The summed E-state index contributed by atoms with van der Waals surface area (Å²) in [6, 6.07) is 5.43. The van der Waals surface area contributed by atoms with Gasteiger partial charge in [-0.3, -0.25) is 4.79 Å². The number of carbonyl (C=O) groups is 1. The van der Waals surface area contributed by atoms with Crippen molar-refractivity contribution in [1.29, 1.82) is 0 Å². The molecule has 0 unspecified atom stereocenters. The van der Waals surface area contributed by atoms with Gasteiger partial charge in [-0.05, 0) is 63.5 Å². The van der Waals surface area contributed by atoms with Crippen LogP contribution in [0.25, 0.3) is 11.3 Å². The molecule has 0 spiro atoms. The molecular formula is C24H24Cl2N4O4. The molecule has 4 saturated carbocycles. The van der Waals surface area contributed by atoms with Gasteiger partial charge in [0, 0.05) is 17.0 Å². The highest BCUT2D eigenvalue weighted by molar-refractivity contribution is 6.39. The summed E-state index contributed by atoms with van der Waals surface area (Å²) in [6.07, 6.45) is 7.35. The van der Waals surface area contributed by atoms with E-state index in [1.54, 1.807) is 12.1 Å². The second-order valence-corrected chi connectivity index (χ2v) is 10.6. The molecule has 2 heterocycles. The molecule has 2 N–H and O–H groups in total. The maximum Gasteiger partial charge on any atom is 0.290 e. The number of rotatable bonds is 7. The average Bonchev–Trinajstić information content (AvgIpc) is 3.39. The van der Waals surface area contributed by atoms with Crippen LogP contribution in [0.15, 0.2) is 27.2 Å². The highest BCUT2D eigenvalue weighted by atomic mass is 35.5. The van der Waals surface area contributed by atoms with Crippen molar-refractivity contribution in [3.05, 3.63) is 51.3 Å². The Morgan fingerprint density at radius 2 is 1.74 bits per heavy atom. The van der Waals surface area contributed by atoms with Crippen LogP contribution >= 0.6 is 23.2 Å². The Labute approximate surface area is 206 Å². The first-order valence-corrected chi connectivity index (χ1v) is 12.4. The lowest BCUT2D eigenvalue weighted by Crippen LogP contribution is -2.49. The third-order valence-corrected chi connectivity index (χ3v) is 8.40. The number of primary amides is 1. The fourth-order valence-corrected chi connectivity index (χ4v) is 6.08. The summed E-state index contributed by atoms with van der Waals surface area (Å²) in [7, 11) is 0. The molecular weight excluding hydrogens is 479 g/mol. The van der Waals surface area contributed by atoms with Crippen molar-refractivity contribution in [3.63, 3.8) is 0 Å². The maximum absolute atomic E-state index is 11.4. The van der Waals surface area contributed by atoms with E-state index in [1.165, 1.54) is 0 Å². The molecule has 2 bridgehead atoms. The lowest BCUT2D eigenvalue weighted by Gasteiger charge is -2.51. The van der Waals surface area contributed by atoms with Gasteiger partial charge in [0.1, 0.15) is 11.5 Å². The zero-order valence-electron chi connectivity index (χ0n) is 18.5. The van der Waals surface area contributed by atoms with E-state index >= 15 is 0 Å². The maximum atomic E-state index is 11.4. The monoisotopic (exact) mass is 502 g/mol. The minimum atomic E-state index is -0.676. The Bertz CT molecular complexity index is 1220. The van der Waals surface area contributed by atoms with E-state index in [2.05, 4.69) is 15.3 Å². The standard InChI is InChI=1S/C24H24Cl2N4O4/c25-15-2-1-3-16(26)17(15)18-14(19(33-29-18)13-4-5-13)12-32-24-9-6-23(7-10-24,8-11-24)22-28-21(20(27)31)30-34-22/h1-3,13H,4-12H2,(H2,27,31). The number of nitrogens with two attached hydrogens (primary N) is 1. The van der Waals surface area contributed by atoms with E-state index in [-0.39, 0.29) is 16.8 Å². The molecule has 34 heavy (non-hydrogen) atoms. The van der Waals surface area contributed by atoms with Crippen molar-refractivity contribution in [1.82, 2.24) is 15.3 Å². The van der Waals surface area contributed by atoms with Gasteiger partial charge < -0.3 is 19.5 Å². The van der Waals surface area contributed by atoms with Gasteiger partial charge in [0.15, 0.2) is 0 Å². The average molecular weight is 503 g/mol. The molecule has 4 aliphatic carbocycles. The van der Waals surface area contributed by atoms with Crippen molar-refractivity contribution in [3.8, 4) is 11.3 Å². The fourth-order valence-electron chi connectivity index (χ4n) is 5.50. The second-order valence-electron chi connectivity index (χ2n) is 9.78. The lowest BCUT2D eigenvalue weighted by atomic mass is 9.58.